The monoisotopic (exact) mass is 422 g/mol. The van der Waals surface area contributed by atoms with Gasteiger partial charge in [-0.1, -0.05) is 6.07 Å². The number of amides is 1. The van der Waals surface area contributed by atoms with Crippen molar-refractivity contribution in [1.82, 2.24) is 14.9 Å². The lowest BCUT2D eigenvalue weighted by Gasteiger charge is -2.11. The van der Waals surface area contributed by atoms with Crippen LogP contribution in [0.3, 0.4) is 0 Å². The highest BCUT2D eigenvalue weighted by Gasteiger charge is 2.10. The minimum Gasteiger partial charge on any atom is -0.493 e. The van der Waals surface area contributed by atoms with Crippen molar-refractivity contribution >= 4 is 5.91 Å². The van der Waals surface area contributed by atoms with Crippen molar-refractivity contribution < 1.29 is 18.7 Å². The van der Waals surface area contributed by atoms with Gasteiger partial charge in [0.15, 0.2) is 11.5 Å². The Kier molecular flexibility index (Phi) is 7.22. The maximum atomic E-state index is 14.4. The molecular weight excluding hydrogens is 399 g/mol. The number of methoxy groups -OCH3 is 1. The third-order valence-electron chi connectivity index (χ3n) is 4.69. The van der Waals surface area contributed by atoms with E-state index in [1.54, 1.807) is 54.2 Å². The van der Waals surface area contributed by atoms with Crippen LogP contribution in [-0.2, 0) is 11.3 Å². The highest BCUT2D eigenvalue weighted by atomic mass is 19.1. The molecule has 0 bridgehead atoms. The van der Waals surface area contributed by atoms with Crippen LogP contribution in [0.1, 0.15) is 29.8 Å². The minimum absolute atomic E-state index is 0.148. The topological polar surface area (TPSA) is 89.2 Å². The van der Waals surface area contributed by atoms with Crippen LogP contribution in [0.2, 0.25) is 0 Å². The molecule has 0 aliphatic heterocycles. The summed E-state index contributed by atoms with van der Waals surface area (Å²) in [5, 5.41) is 11.7. The Bertz CT molecular complexity index is 1100. The Hall–Kier alpha value is -3.86. The summed E-state index contributed by atoms with van der Waals surface area (Å²) < 4.78 is 27.0. The number of ether oxygens (including phenoxy) is 2. The van der Waals surface area contributed by atoms with E-state index < -0.39 is 0 Å². The summed E-state index contributed by atoms with van der Waals surface area (Å²) in [5.74, 6) is 1.16. The van der Waals surface area contributed by atoms with Crippen LogP contribution in [0, 0.1) is 24.1 Å². The standard InChI is InChI=1S/C23H23FN4O3/c1-16-26-9-10-28(16)20-7-5-18(12-19(20)24)15-27-23(29)4-3-11-31-21-8-6-17(14-25)13-22(21)30-2/h5-10,12-13H,3-4,11,15H2,1-2H3,(H,27,29). The maximum absolute atomic E-state index is 14.4. The maximum Gasteiger partial charge on any atom is 0.220 e. The van der Waals surface area contributed by atoms with Crippen molar-refractivity contribution in [2.45, 2.75) is 26.3 Å². The summed E-state index contributed by atoms with van der Waals surface area (Å²) >= 11 is 0. The molecule has 0 fully saturated rings. The first-order chi connectivity index (χ1) is 15.0. The number of carbonyl (C=O) groups excluding carboxylic acids is 1. The van der Waals surface area contributed by atoms with Gasteiger partial charge in [0.25, 0.3) is 0 Å². The molecule has 31 heavy (non-hydrogen) atoms. The molecular formula is C23H23FN4O3. The van der Waals surface area contributed by atoms with Gasteiger partial charge in [-0.3, -0.25) is 4.79 Å². The molecule has 1 amide bonds. The van der Waals surface area contributed by atoms with E-state index in [2.05, 4.69) is 10.3 Å². The first-order valence-electron chi connectivity index (χ1n) is 9.78. The van der Waals surface area contributed by atoms with Crippen molar-refractivity contribution in [2.75, 3.05) is 13.7 Å². The van der Waals surface area contributed by atoms with E-state index in [0.29, 0.717) is 47.2 Å². The molecule has 1 N–H and O–H groups in total. The number of benzene rings is 2. The first-order valence-corrected chi connectivity index (χ1v) is 9.78. The summed E-state index contributed by atoms with van der Waals surface area (Å²) in [4.78, 5) is 16.2. The number of aryl methyl sites for hydroxylation is 1. The van der Waals surface area contributed by atoms with E-state index in [-0.39, 0.29) is 24.7 Å². The number of carbonyl (C=O) groups is 1. The Morgan fingerprint density at radius 3 is 2.77 bits per heavy atom. The fraction of sp³-hybridized carbons (Fsp3) is 0.261. The largest absolute Gasteiger partial charge is 0.493 e. The molecule has 0 atom stereocenters. The van der Waals surface area contributed by atoms with Crippen LogP contribution in [0.25, 0.3) is 5.69 Å². The van der Waals surface area contributed by atoms with E-state index in [4.69, 9.17) is 14.7 Å². The minimum atomic E-state index is -0.377. The predicted octanol–water partition coefficient (Wildman–Crippen LogP) is 3.68. The fourth-order valence-corrected chi connectivity index (χ4v) is 3.05. The van der Waals surface area contributed by atoms with E-state index >= 15 is 0 Å². The van der Waals surface area contributed by atoms with Gasteiger partial charge in [0.05, 0.1) is 31.0 Å². The zero-order valence-electron chi connectivity index (χ0n) is 17.4. The molecule has 0 saturated carbocycles. The van der Waals surface area contributed by atoms with Gasteiger partial charge in [-0.05, 0) is 43.2 Å². The zero-order chi connectivity index (χ0) is 22.2. The lowest BCUT2D eigenvalue weighted by Crippen LogP contribution is -2.23. The van der Waals surface area contributed by atoms with Crippen LogP contribution < -0.4 is 14.8 Å². The van der Waals surface area contributed by atoms with Crippen molar-refractivity contribution in [2.24, 2.45) is 0 Å². The summed E-state index contributed by atoms with van der Waals surface area (Å²) in [6.45, 7) is 2.36. The van der Waals surface area contributed by atoms with E-state index in [0.717, 1.165) is 0 Å². The van der Waals surface area contributed by atoms with Gasteiger partial charge in [0.2, 0.25) is 5.91 Å². The highest BCUT2D eigenvalue weighted by Crippen LogP contribution is 2.28. The molecule has 1 heterocycles. The van der Waals surface area contributed by atoms with Gasteiger partial charge in [0.1, 0.15) is 11.6 Å². The van der Waals surface area contributed by atoms with Crippen LogP contribution in [0.15, 0.2) is 48.8 Å². The fourth-order valence-electron chi connectivity index (χ4n) is 3.05. The molecule has 0 aliphatic rings. The number of hydrogen-bond donors (Lipinski definition) is 1. The number of hydrogen-bond acceptors (Lipinski definition) is 5. The molecule has 2 aromatic carbocycles. The Morgan fingerprint density at radius 2 is 2.10 bits per heavy atom. The summed E-state index contributed by atoms with van der Waals surface area (Å²) in [7, 11) is 1.50. The first kappa shape index (κ1) is 21.8. The van der Waals surface area contributed by atoms with Crippen molar-refractivity contribution in [3.63, 3.8) is 0 Å². The van der Waals surface area contributed by atoms with Crippen LogP contribution in [0.5, 0.6) is 11.5 Å². The number of imidazole rings is 1. The van der Waals surface area contributed by atoms with Gasteiger partial charge >= 0.3 is 0 Å². The molecule has 0 spiro atoms. The quantitative estimate of drug-likeness (QED) is 0.532. The van der Waals surface area contributed by atoms with Crippen molar-refractivity contribution in [1.29, 1.82) is 5.26 Å². The Labute approximate surface area is 180 Å². The van der Waals surface area contributed by atoms with Crippen LogP contribution in [-0.4, -0.2) is 29.2 Å². The average molecular weight is 422 g/mol. The number of nitrogens with zero attached hydrogens (tertiary/aromatic N) is 3. The smallest absolute Gasteiger partial charge is 0.220 e. The van der Waals surface area contributed by atoms with Crippen molar-refractivity contribution in [3.8, 4) is 23.3 Å². The second-order valence-corrected chi connectivity index (χ2v) is 6.84. The normalized spacial score (nSPS) is 10.4. The third-order valence-corrected chi connectivity index (χ3v) is 4.69. The lowest BCUT2D eigenvalue weighted by atomic mass is 10.2. The van der Waals surface area contributed by atoms with E-state index in [1.807, 2.05) is 6.07 Å². The molecule has 160 valence electrons. The molecule has 3 rings (SSSR count). The molecule has 0 radical (unpaired) electrons. The third kappa shape index (κ3) is 5.60. The Balaban J connectivity index is 1.44. The van der Waals surface area contributed by atoms with Gasteiger partial charge in [-0.2, -0.15) is 5.26 Å². The predicted molar refractivity (Wildman–Crippen MR) is 113 cm³/mol. The van der Waals surface area contributed by atoms with E-state index in [9.17, 15) is 9.18 Å². The average Bonchev–Trinajstić information content (AvgIpc) is 3.20. The number of aromatic nitrogens is 2. The summed E-state index contributed by atoms with van der Waals surface area (Å²) in [6, 6.07) is 11.8. The van der Waals surface area contributed by atoms with E-state index in [1.165, 1.54) is 13.2 Å². The number of rotatable bonds is 9. The molecule has 8 heteroatoms. The second kappa shape index (κ2) is 10.3. The lowest BCUT2D eigenvalue weighted by molar-refractivity contribution is -0.121. The molecule has 0 saturated heterocycles. The highest BCUT2D eigenvalue weighted by molar-refractivity contribution is 5.75. The van der Waals surface area contributed by atoms with Crippen LogP contribution >= 0.6 is 0 Å². The molecule has 0 unspecified atom stereocenters. The van der Waals surface area contributed by atoms with Crippen molar-refractivity contribution in [3.05, 3.63) is 71.6 Å². The Morgan fingerprint density at radius 1 is 1.26 bits per heavy atom. The van der Waals surface area contributed by atoms with Gasteiger partial charge in [-0.15, -0.1) is 0 Å². The van der Waals surface area contributed by atoms with Crippen LogP contribution in [0.4, 0.5) is 4.39 Å². The molecule has 3 aromatic rings. The zero-order valence-corrected chi connectivity index (χ0v) is 17.4. The second-order valence-electron chi connectivity index (χ2n) is 6.84. The SMILES string of the molecule is COc1cc(C#N)ccc1OCCCC(=O)NCc1ccc(-n2ccnc2C)c(F)c1. The van der Waals surface area contributed by atoms with Gasteiger partial charge < -0.3 is 19.4 Å². The molecule has 7 nitrogen and oxygen atoms in total. The molecule has 0 aliphatic carbocycles. The van der Waals surface area contributed by atoms with Gasteiger partial charge in [-0.25, -0.2) is 9.37 Å². The summed E-state index contributed by atoms with van der Waals surface area (Å²) in [5.41, 5.74) is 1.57. The molecule has 1 aromatic heterocycles. The number of halogens is 1. The summed E-state index contributed by atoms with van der Waals surface area (Å²) in [6.07, 6.45) is 4.09. The number of nitrogens with one attached hydrogen (secondary N) is 1. The van der Waals surface area contributed by atoms with Gasteiger partial charge in [0, 0.05) is 31.4 Å². The number of nitriles is 1.